The maximum absolute atomic E-state index is 12.1. The van der Waals surface area contributed by atoms with Gasteiger partial charge in [-0.25, -0.2) is 0 Å². The van der Waals surface area contributed by atoms with E-state index in [0.717, 1.165) is 12.8 Å². The van der Waals surface area contributed by atoms with Gasteiger partial charge in [0.2, 0.25) is 0 Å². The Morgan fingerprint density at radius 1 is 0.828 bits per heavy atom. The molecule has 2 N–H and O–H groups in total. The molecule has 0 aromatic rings. The minimum absolute atomic E-state index is 0.0645. The van der Waals surface area contributed by atoms with Crippen LogP contribution in [0.3, 0.4) is 0 Å². The number of carbonyl (C=O) groups excluding carboxylic acids is 1. The fraction of sp³-hybridized carbons (Fsp3) is 0.913. The number of carbonyl (C=O) groups is 2. The summed E-state index contributed by atoms with van der Waals surface area (Å²) >= 11 is 0. The molecule has 172 valence electrons. The van der Waals surface area contributed by atoms with E-state index in [9.17, 15) is 14.7 Å². The molecule has 0 heterocycles. The van der Waals surface area contributed by atoms with Gasteiger partial charge in [0.1, 0.15) is 6.54 Å². The van der Waals surface area contributed by atoms with Crippen LogP contribution in [0, 0.1) is 0 Å². The number of unbranched alkanes of at least 4 members (excludes halogenated alkanes) is 10. The van der Waals surface area contributed by atoms with E-state index in [4.69, 9.17) is 9.84 Å². The minimum Gasteiger partial charge on any atom is -0.481 e. The van der Waals surface area contributed by atoms with Crippen LogP contribution < -0.4 is 0 Å². The summed E-state index contributed by atoms with van der Waals surface area (Å²) in [5.41, 5.74) is 0. The van der Waals surface area contributed by atoms with Crippen molar-refractivity contribution in [3.63, 3.8) is 0 Å². The topological polar surface area (TPSA) is 83.8 Å². The van der Waals surface area contributed by atoms with Crippen LogP contribution in [0.4, 0.5) is 0 Å². The number of hydrogen-bond donors (Lipinski definition) is 2. The van der Waals surface area contributed by atoms with Gasteiger partial charge in [-0.3, -0.25) is 9.59 Å². The van der Waals surface area contributed by atoms with Crippen LogP contribution in [0.2, 0.25) is 0 Å². The number of nitrogens with zero attached hydrogens (tertiary/aromatic N) is 1. The molecule has 0 aliphatic carbocycles. The lowest BCUT2D eigenvalue weighted by Gasteiger charge is -2.28. The average Bonchev–Trinajstić information content (AvgIpc) is 2.57. The van der Waals surface area contributed by atoms with Gasteiger partial charge in [-0.2, -0.15) is 0 Å². The number of quaternary nitrogens is 1. The SMILES string of the molecule is CCCCCCCCCCCCCC(O)CC(=O)O[C@H](CC(=O)O)C[N+](C)(C)C. The number of carboxylic acid groups (broad SMARTS) is 1. The highest BCUT2D eigenvalue weighted by Gasteiger charge is 2.25. The van der Waals surface area contributed by atoms with Crippen LogP contribution in [-0.2, 0) is 14.3 Å². The largest absolute Gasteiger partial charge is 0.481 e. The Labute approximate surface area is 178 Å². The second kappa shape index (κ2) is 16.6. The van der Waals surface area contributed by atoms with Gasteiger partial charge in [0.25, 0.3) is 0 Å². The molecule has 2 atom stereocenters. The molecule has 0 aromatic carbocycles. The van der Waals surface area contributed by atoms with Crippen molar-refractivity contribution in [2.24, 2.45) is 0 Å². The summed E-state index contributed by atoms with van der Waals surface area (Å²) < 4.78 is 5.83. The molecule has 0 aromatic heterocycles. The molecule has 29 heavy (non-hydrogen) atoms. The summed E-state index contributed by atoms with van der Waals surface area (Å²) in [6, 6.07) is 0. The van der Waals surface area contributed by atoms with Gasteiger partial charge in [0, 0.05) is 0 Å². The summed E-state index contributed by atoms with van der Waals surface area (Å²) in [4.78, 5) is 23.0. The van der Waals surface area contributed by atoms with E-state index < -0.39 is 24.1 Å². The third-order valence-electron chi connectivity index (χ3n) is 4.99. The van der Waals surface area contributed by atoms with Crippen molar-refractivity contribution in [1.29, 1.82) is 0 Å². The molecule has 0 amide bonds. The van der Waals surface area contributed by atoms with Crippen LogP contribution in [0.25, 0.3) is 0 Å². The molecule has 0 aliphatic rings. The van der Waals surface area contributed by atoms with Crippen molar-refractivity contribution in [3.8, 4) is 0 Å². The van der Waals surface area contributed by atoms with Gasteiger partial charge in [-0.1, -0.05) is 77.6 Å². The lowest BCUT2D eigenvalue weighted by molar-refractivity contribution is -0.873. The van der Waals surface area contributed by atoms with E-state index in [2.05, 4.69) is 6.92 Å². The van der Waals surface area contributed by atoms with Crippen LogP contribution in [0.15, 0.2) is 0 Å². The number of carboxylic acids is 1. The number of esters is 1. The Bertz CT molecular complexity index is 433. The van der Waals surface area contributed by atoms with Crippen molar-refractivity contribution < 1.29 is 29.0 Å². The van der Waals surface area contributed by atoms with Crippen molar-refractivity contribution in [2.75, 3.05) is 27.7 Å². The second-order valence-corrected chi connectivity index (χ2v) is 9.36. The van der Waals surface area contributed by atoms with Crippen LogP contribution in [-0.4, -0.2) is 66.5 Å². The Hall–Kier alpha value is -1.14. The van der Waals surface area contributed by atoms with E-state index in [1.165, 1.54) is 57.8 Å². The molecule has 0 spiro atoms. The van der Waals surface area contributed by atoms with Crippen molar-refractivity contribution in [3.05, 3.63) is 0 Å². The molecule has 6 nitrogen and oxygen atoms in total. The van der Waals surface area contributed by atoms with E-state index >= 15 is 0 Å². The summed E-state index contributed by atoms with van der Waals surface area (Å²) in [6.07, 6.45) is 12.7. The van der Waals surface area contributed by atoms with Crippen LogP contribution >= 0.6 is 0 Å². The van der Waals surface area contributed by atoms with Gasteiger partial charge >= 0.3 is 11.9 Å². The van der Waals surface area contributed by atoms with E-state index in [0.29, 0.717) is 17.4 Å². The first-order chi connectivity index (χ1) is 13.6. The average molecular weight is 417 g/mol. The molecular formula is C23H46NO5+. The molecule has 1 unspecified atom stereocenters. The van der Waals surface area contributed by atoms with E-state index in [1.807, 2.05) is 21.1 Å². The quantitative estimate of drug-likeness (QED) is 0.184. The third-order valence-corrected chi connectivity index (χ3v) is 4.99. The lowest BCUT2D eigenvalue weighted by atomic mass is 10.0. The van der Waals surface area contributed by atoms with Gasteiger partial charge in [-0.15, -0.1) is 0 Å². The Kier molecular flexibility index (Phi) is 16.0. The Morgan fingerprint density at radius 3 is 1.76 bits per heavy atom. The predicted octanol–water partition coefficient (Wildman–Crippen LogP) is 4.53. The van der Waals surface area contributed by atoms with Gasteiger partial charge in [0.05, 0.1) is 40.1 Å². The number of aliphatic carboxylic acids is 1. The maximum Gasteiger partial charge on any atom is 0.308 e. The number of likely N-dealkylation sites (N-methyl/N-ethyl adjacent to an activating group) is 1. The number of ether oxygens (including phenoxy) is 1. The highest BCUT2D eigenvalue weighted by atomic mass is 16.5. The Balaban J connectivity index is 3.82. The molecule has 0 rings (SSSR count). The van der Waals surface area contributed by atoms with Gasteiger partial charge in [0.15, 0.2) is 6.10 Å². The zero-order valence-corrected chi connectivity index (χ0v) is 19.3. The molecule has 0 fully saturated rings. The van der Waals surface area contributed by atoms with Gasteiger partial charge < -0.3 is 19.4 Å². The molecule has 0 aliphatic heterocycles. The maximum atomic E-state index is 12.1. The fourth-order valence-corrected chi connectivity index (χ4v) is 3.52. The lowest BCUT2D eigenvalue weighted by Crippen LogP contribution is -2.44. The minimum atomic E-state index is -0.988. The molecule has 6 heteroatoms. The van der Waals surface area contributed by atoms with Crippen LogP contribution in [0.1, 0.15) is 96.8 Å². The van der Waals surface area contributed by atoms with Crippen molar-refractivity contribution >= 4 is 11.9 Å². The first-order valence-electron chi connectivity index (χ1n) is 11.5. The highest BCUT2D eigenvalue weighted by Crippen LogP contribution is 2.14. The summed E-state index contributed by atoms with van der Waals surface area (Å²) in [5.74, 6) is -1.50. The van der Waals surface area contributed by atoms with E-state index in [1.54, 1.807) is 0 Å². The number of aliphatic hydroxyl groups excluding tert-OH is 1. The molecule has 0 bridgehead atoms. The normalized spacial score (nSPS) is 13.8. The Morgan fingerprint density at radius 2 is 1.31 bits per heavy atom. The first kappa shape index (κ1) is 27.9. The van der Waals surface area contributed by atoms with Crippen molar-refractivity contribution in [2.45, 2.75) is 109 Å². The first-order valence-corrected chi connectivity index (χ1v) is 11.5. The van der Waals surface area contributed by atoms with Crippen molar-refractivity contribution in [1.82, 2.24) is 0 Å². The smallest absolute Gasteiger partial charge is 0.308 e. The summed E-state index contributed by atoms with van der Waals surface area (Å²) in [6.45, 7) is 2.66. The zero-order chi connectivity index (χ0) is 22.1. The molecule has 0 radical (unpaired) electrons. The number of rotatable bonds is 19. The summed E-state index contributed by atoms with van der Waals surface area (Å²) in [7, 11) is 5.76. The fourth-order valence-electron chi connectivity index (χ4n) is 3.52. The third kappa shape index (κ3) is 19.9. The van der Waals surface area contributed by atoms with Crippen LogP contribution in [0.5, 0.6) is 0 Å². The standard InChI is InChI=1S/C23H45NO5/c1-5-6-7-8-9-10-11-12-13-14-15-16-20(25)17-23(28)29-21(18-22(26)27)19-24(2,3)4/h20-21,25H,5-19H2,1-4H3/p+1/t20?,21-/m1/s1. The highest BCUT2D eigenvalue weighted by molar-refractivity contribution is 5.71. The number of aliphatic hydroxyl groups is 1. The predicted molar refractivity (Wildman–Crippen MR) is 117 cm³/mol. The monoisotopic (exact) mass is 416 g/mol. The molecular weight excluding hydrogens is 370 g/mol. The second-order valence-electron chi connectivity index (χ2n) is 9.36. The molecule has 0 saturated heterocycles. The van der Waals surface area contributed by atoms with E-state index in [-0.39, 0.29) is 12.8 Å². The molecule has 0 saturated carbocycles. The van der Waals surface area contributed by atoms with Gasteiger partial charge in [-0.05, 0) is 6.42 Å². The number of hydrogen-bond acceptors (Lipinski definition) is 4. The summed E-state index contributed by atoms with van der Waals surface area (Å²) in [5, 5.41) is 19.1. The zero-order valence-electron chi connectivity index (χ0n) is 19.3.